The first-order valence-electron chi connectivity index (χ1n) is 9.23. The molecule has 0 saturated heterocycles. The second-order valence-electron chi connectivity index (χ2n) is 6.74. The van der Waals surface area contributed by atoms with Crippen LogP contribution in [-0.4, -0.2) is 22.7 Å². The summed E-state index contributed by atoms with van der Waals surface area (Å²) in [7, 11) is 0. The van der Waals surface area contributed by atoms with Gasteiger partial charge < -0.3 is 14.8 Å². The molecule has 27 heavy (non-hydrogen) atoms. The first kappa shape index (κ1) is 19.3. The number of aromatic amines is 1. The summed E-state index contributed by atoms with van der Waals surface area (Å²) >= 11 is 6.22. The van der Waals surface area contributed by atoms with Crippen molar-refractivity contribution in [1.82, 2.24) is 4.98 Å². The van der Waals surface area contributed by atoms with Gasteiger partial charge in [-0.2, -0.15) is 0 Å². The summed E-state index contributed by atoms with van der Waals surface area (Å²) in [5.74, 6) is 0.226. The number of hydrogen-bond acceptors (Lipinski definition) is 2. The van der Waals surface area contributed by atoms with Crippen LogP contribution in [0.15, 0.2) is 36.4 Å². The van der Waals surface area contributed by atoms with Crippen LogP contribution in [0.2, 0.25) is 5.02 Å². The third-order valence-corrected chi connectivity index (χ3v) is 5.19. The Morgan fingerprint density at radius 2 is 2.00 bits per heavy atom. The Morgan fingerprint density at radius 1 is 1.22 bits per heavy atom. The predicted molar refractivity (Wildman–Crippen MR) is 110 cm³/mol. The molecule has 1 atom stereocenters. The number of carboxylic acid groups (broad SMARTS) is 1. The molecule has 142 valence electrons. The lowest BCUT2D eigenvalue weighted by Crippen LogP contribution is -2.02. The number of hydrogen-bond donors (Lipinski definition) is 2. The summed E-state index contributed by atoms with van der Waals surface area (Å²) < 4.78 is 5.76. The van der Waals surface area contributed by atoms with Crippen molar-refractivity contribution in [3.8, 4) is 17.0 Å². The molecule has 0 aliphatic heterocycles. The van der Waals surface area contributed by atoms with Crippen molar-refractivity contribution < 1.29 is 14.6 Å². The maximum atomic E-state index is 11.6. The van der Waals surface area contributed by atoms with Gasteiger partial charge in [0.2, 0.25) is 0 Å². The SMILES string of the molecule is CCOc1ccc(Cl)cc1-c1[nH]c2ccc(C(C)CC)cc2c1CC(=O)O. The normalized spacial score (nSPS) is 12.3. The van der Waals surface area contributed by atoms with Gasteiger partial charge in [-0.25, -0.2) is 0 Å². The Kier molecular flexibility index (Phi) is 5.76. The van der Waals surface area contributed by atoms with Crippen LogP contribution in [-0.2, 0) is 11.2 Å². The third kappa shape index (κ3) is 3.96. The van der Waals surface area contributed by atoms with Crippen LogP contribution in [0.3, 0.4) is 0 Å². The van der Waals surface area contributed by atoms with Crippen molar-refractivity contribution in [2.75, 3.05) is 6.61 Å². The largest absolute Gasteiger partial charge is 0.493 e. The number of aromatic nitrogens is 1. The smallest absolute Gasteiger partial charge is 0.307 e. The van der Waals surface area contributed by atoms with Gasteiger partial charge in [0.15, 0.2) is 0 Å². The number of fused-ring (bicyclic) bond motifs is 1. The molecule has 2 aromatic carbocycles. The van der Waals surface area contributed by atoms with Crippen molar-refractivity contribution in [3.63, 3.8) is 0 Å². The summed E-state index contributed by atoms with van der Waals surface area (Å²) in [5.41, 5.74) is 4.40. The maximum absolute atomic E-state index is 11.6. The van der Waals surface area contributed by atoms with Gasteiger partial charge >= 0.3 is 5.97 Å². The summed E-state index contributed by atoms with van der Waals surface area (Å²) in [6, 6.07) is 11.6. The lowest BCUT2D eigenvalue weighted by molar-refractivity contribution is -0.136. The Balaban J connectivity index is 2.26. The standard InChI is InChI=1S/C22H24ClNO3/c1-4-13(3)14-6-8-19-16(10-14)17(12-21(25)26)22(24-19)18-11-15(23)7-9-20(18)27-5-2/h6-11,13,24H,4-5,12H2,1-3H3,(H,25,26). The second-order valence-corrected chi connectivity index (χ2v) is 7.17. The fourth-order valence-electron chi connectivity index (χ4n) is 3.35. The number of halogens is 1. The molecular formula is C22H24ClNO3. The number of benzene rings is 2. The van der Waals surface area contributed by atoms with Gasteiger partial charge in [-0.05, 0) is 60.7 Å². The molecule has 1 heterocycles. The van der Waals surface area contributed by atoms with Crippen LogP contribution >= 0.6 is 11.6 Å². The molecule has 0 aliphatic rings. The fraction of sp³-hybridized carbons (Fsp3) is 0.318. The highest BCUT2D eigenvalue weighted by Gasteiger charge is 2.20. The zero-order valence-electron chi connectivity index (χ0n) is 15.8. The van der Waals surface area contributed by atoms with Crippen LogP contribution in [0, 0.1) is 0 Å². The summed E-state index contributed by atoms with van der Waals surface area (Å²) in [4.78, 5) is 15.0. The summed E-state index contributed by atoms with van der Waals surface area (Å²) in [5, 5.41) is 11.0. The molecule has 1 unspecified atom stereocenters. The second kappa shape index (κ2) is 8.05. The fourth-order valence-corrected chi connectivity index (χ4v) is 3.52. The summed E-state index contributed by atoms with van der Waals surface area (Å²) in [6.07, 6.45) is 0.956. The molecule has 3 rings (SSSR count). The Bertz CT molecular complexity index is 977. The molecule has 1 aromatic heterocycles. The van der Waals surface area contributed by atoms with E-state index >= 15 is 0 Å². The number of ether oxygens (including phenoxy) is 1. The van der Waals surface area contributed by atoms with Crippen molar-refractivity contribution in [2.45, 2.75) is 39.5 Å². The zero-order chi connectivity index (χ0) is 19.6. The zero-order valence-corrected chi connectivity index (χ0v) is 16.6. The lowest BCUT2D eigenvalue weighted by Gasteiger charge is -2.11. The molecule has 5 heteroatoms. The van der Waals surface area contributed by atoms with Crippen LogP contribution in [0.1, 0.15) is 44.2 Å². The van der Waals surface area contributed by atoms with Gasteiger partial charge in [0.1, 0.15) is 5.75 Å². The molecule has 3 aromatic rings. The molecule has 2 N–H and O–H groups in total. The molecular weight excluding hydrogens is 362 g/mol. The van der Waals surface area contributed by atoms with Crippen molar-refractivity contribution in [3.05, 3.63) is 52.5 Å². The number of carbonyl (C=O) groups is 1. The van der Waals surface area contributed by atoms with Crippen LogP contribution in [0.4, 0.5) is 0 Å². The van der Waals surface area contributed by atoms with Crippen molar-refractivity contribution in [2.24, 2.45) is 0 Å². The van der Waals surface area contributed by atoms with Gasteiger partial charge in [0, 0.05) is 21.5 Å². The van der Waals surface area contributed by atoms with Gasteiger partial charge in [0.05, 0.1) is 18.7 Å². The summed E-state index contributed by atoms with van der Waals surface area (Å²) in [6.45, 7) is 6.76. The van der Waals surface area contributed by atoms with Gasteiger partial charge in [-0.3, -0.25) is 4.79 Å². The van der Waals surface area contributed by atoms with Crippen molar-refractivity contribution >= 4 is 28.5 Å². The maximum Gasteiger partial charge on any atom is 0.307 e. The molecule has 0 fully saturated rings. The minimum Gasteiger partial charge on any atom is -0.493 e. The van der Waals surface area contributed by atoms with E-state index in [1.807, 2.05) is 25.1 Å². The quantitative estimate of drug-likeness (QED) is 0.522. The Labute approximate surface area is 164 Å². The molecule has 0 spiro atoms. The molecule has 0 aliphatic carbocycles. The third-order valence-electron chi connectivity index (χ3n) is 4.95. The van der Waals surface area contributed by atoms with E-state index in [4.69, 9.17) is 16.3 Å². The number of nitrogens with one attached hydrogen (secondary N) is 1. The highest BCUT2D eigenvalue weighted by atomic mass is 35.5. The molecule has 0 amide bonds. The predicted octanol–water partition coefficient (Wildman–Crippen LogP) is 6.03. The number of H-pyrrole nitrogens is 1. The Hall–Kier alpha value is -2.46. The highest BCUT2D eigenvalue weighted by molar-refractivity contribution is 6.31. The van der Waals surface area contributed by atoms with Gasteiger partial charge in [-0.1, -0.05) is 31.5 Å². The van der Waals surface area contributed by atoms with E-state index in [0.717, 1.165) is 34.1 Å². The van der Waals surface area contributed by atoms with Crippen LogP contribution in [0.5, 0.6) is 5.75 Å². The monoisotopic (exact) mass is 385 g/mol. The van der Waals surface area contributed by atoms with Gasteiger partial charge in [0.25, 0.3) is 0 Å². The first-order chi connectivity index (χ1) is 12.9. The number of rotatable bonds is 7. The van der Waals surface area contributed by atoms with E-state index in [1.165, 1.54) is 5.56 Å². The van der Waals surface area contributed by atoms with E-state index < -0.39 is 5.97 Å². The topological polar surface area (TPSA) is 62.3 Å². The minimum atomic E-state index is -0.869. The van der Waals surface area contributed by atoms with E-state index in [2.05, 4.69) is 31.0 Å². The molecule has 4 nitrogen and oxygen atoms in total. The van der Waals surface area contributed by atoms with Crippen LogP contribution < -0.4 is 4.74 Å². The molecule has 0 bridgehead atoms. The van der Waals surface area contributed by atoms with E-state index in [0.29, 0.717) is 23.3 Å². The van der Waals surface area contributed by atoms with E-state index in [-0.39, 0.29) is 6.42 Å². The van der Waals surface area contributed by atoms with Gasteiger partial charge in [-0.15, -0.1) is 0 Å². The highest BCUT2D eigenvalue weighted by Crippen LogP contribution is 2.38. The van der Waals surface area contributed by atoms with E-state index in [9.17, 15) is 9.90 Å². The van der Waals surface area contributed by atoms with E-state index in [1.54, 1.807) is 6.07 Å². The Morgan fingerprint density at radius 3 is 2.67 bits per heavy atom. The lowest BCUT2D eigenvalue weighted by atomic mass is 9.95. The molecule has 0 saturated carbocycles. The number of aliphatic carboxylic acids is 1. The minimum absolute atomic E-state index is 0.0721. The number of carboxylic acids is 1. The average molecular weight is 386 g/mol. The van der Waals surface area contributed by atoms with Crippen molar-refractivity contribution in [1.29, 1.82) is 0 Å². The first-order valence-corrected chi connectivity index (χ1v) is 9.61. The average Bonchev–Trinajstić information content (AvgIpc) is 2.99. The molecule has 0 radical (unpaired) electrons. The van der Waals surface area contributed by atoms with Crippen LogP contribution in [0.25, 0.3) is 22.2 Å².